The number of hydrogen-bond donors (Lipinski definition) is 2. The highest BCUT2D eigenvalue weighted by Crippen LogP contribution is 2.26. The number of carboxylic acid groups (broad SMARTS) is 1. The van der Waals surface area contributed by atoms with Gasteiger partial charge >= 0.3 is 5.97 Å². The van der Waals surface area contributed by atoms with Crippen molar-refractivity contribution in [2.75, 3.05) is 19.6 Å². The summed E-state index contributed by atoms with van der Waals surface area (Å²) in [5.41, 5.74) is -0.563. The van der Waals surface area contributed by atoms with Crippen LogP contribution in [0, 0.1) is 5.41 Å². The molecule has 6 heteroatoms. The summed E-state index contributed by atoms with van der Waals surface area (Å²) in [5, 5.41) is 11.5. The van der Waals surface area contributed by atoms with Crippen LogP contribution < -0.4 is 5.32 Å². The van der Waals surface area contributed by atoms with Gasteiger partial charge in [-0.1, -0.05) is 13.8 Å². The molecular formula is C12H20N2O4. The Labute approximate surface area is 106 Å². The van der Waals surface area contributed by atoms with E-state index in [2.05, 4.69) is 5.32 Å². The first-order chi connectivity index (χ1) is 8.30. The summed E-state index contributed by atoms with van der Waals surface area (Å²) >= 11 is 0. The van der Waals surface area contributed by atoms with Crippen LogP contribution in [0.3, 0.4) is 0 Å². The van der Waals surface area contributed by atoms with E-state index in [1.54, 1.807) is 18.7 Å². The van der Waals surface area contributed by atoms with Gasteiger partial charge in [-0.25, -0.2) is 0 Å². The molecule has 0 spiro atoms. The van der Waals surface area contributed by atoms with E-state index in [9.17, 15) is 14.4 Å². The van der Waals surface area contributed by atoms with Gasteiger partial charge in [0.25, 0.3) is 0 Å². The van der Waals surface area contributed by atoms with Crippen LogP contribution in [-0.2, 0) is 14.4 Å². The monoisotopic (exact) mass is 256 g/mol. The highest BCUT2D eigenvalue weighted by Gasteiger charge is 2.28. The number of nitrogens with one attached hydrogen (secondary N) is 1. The van der Waals surface area contributed by atoms with Crippen molar-refractivity contribution >= 4 is 17.8 Å². The van der Waals surface area contributed by atoms with Crippen LogP contribution in [0.15, 0.2) is 0 Å². The number of carboxylic acids is 1. The van der Waals surface area contributed by atoms with Crippen LogP contribution in [0.25, 0.3) is 0 Å². The molecule has 1 saturated heterocycles. The van der Waals surface area contributed by atoms with Crippen molar-refractivity contribution in [2.45, 2.75) is 33.1 Å². The second-order valence-electron chi connectivity index (χ2n) is 5.39. The van der Waals surface area contributed by atoms with Crippen LogP contribution in [0.2, 0.25) is 0 Å². The second-order valence-corrected chi connectivity index (χ2v) is 5.39. The molecule has 1 aliphatic heterocycles. The highest BCUT2D eigenvalue weighted by atomic mass is 16.4. The molecule has 0 aromatic heterocycles. The molecule has 1 aliphatic rings. The molecule has 6 nitrogen and oxygen atoms in total. The average molecular weight is 256 g/mol. The summed E-state index contributed by atoms with van der Waals surface area (Å²) in [6, 6.07) is 0. The molecule has 2 N–H and O–H groups in total. The lowest BCUT2D eigenvalue weighted by Crippen LogP contribution is -2.37. The van der Waals surface area contributed by atoms with Gasteiger partial charge < -0.3 is 15.3 Å². The fourth-order valence-electron chi connectivity index (χ4n) is 2.01. The van der Waals surface area contributed by atoms with Gasteiger partial charge in [0.1, 0.15) is 0 Å². The van der Waals surface area contributed by atoms with E-state index in [1.165, 1.54) is 0 Å². The van der Waals surface area contributed by atoms with Gasteiger partial charge in [-0.15, -0.1) is 0 Å². The lowest BCUT2D eigenvalue weighted by molar-refractivity contribution is -0.140. The van der Waals surface area contributed by atoms with Gasteiger partial charge in [-0.05, 0) is 5.41 Å². The summed E-state index contributed by atoms with van der Waals surface area (Å²) in [6.45, 7) is 4.89. The molecule has 2 amide bonds. The summed E-state index contributed by atoms with van der Waals surface area (Å²) in [7, 11) is 0. The third-order valence-corrected chi connectivity index (χ3v) is 2.92. The SMILES string of the molecule is CC(C)(CC(=O)O)CC(=O)N1CCNC(=O)CC1. The Morgan fingerprint density at radius 2 is 2.00 bits per heavy atom. The number of nitrogens with zero attached hydrogens (tertiary/aromatic N) is 1. The number of aliphatic carboxylic acids is 1. The number of hydrogen-bond acceptors (Lipinski definition) is 3. The molecule has 102 valence electrons. The molecule has 0 atom stereocenters. The quantitative estimate of drug-likeness (QED) is 0.753. The predicted octanol–water partition coefficient (Wildman–Crippen LogP) is 0.226. The zero-order valence-electron chi connectivity index (χ0n) is 10.9. The van der Waals surface area contributed by atoms with E-state index in [0.717, 1.165) is 0 Å². The average Bonchev–Trinajstić information content (AvgIpc) is 2.39. The first-order valence-electron chi connectivity index (χ1n) is 6.06. The number of rotatable bonds is 4. The van der Waals surface area contributed by atoms with Gasteiger partial charge in [-0.3, -0.25) is 14.4 Å². The summed E-state index contributed by atoms with van der Waals surface area (Å²) in [6.07, 6.45) is 0.461. The van der Waals surface area contributed by atoms with E-state index < -0.39 is 11.4 Å². The predicted molar refractivity (Wildman–Crippen MR) is 64.9 cm³/mol. The standard InChI is InChI=1S/C12H20N2O4/c1-12(2,8-11(17)18)7-10(16)14-5-3-9(15)13-4-6-14/h3-8H2,1-2H3,(H,13,15)(H,17,18). The zero-order valence-corrected chi connectivity index (χ0v) is 10.9. The van der Waals surface area contributed by atoms with Gasteiger partial charge in [0, 0.05) is 32.5 Å². The van der Waals surface area contributed by atoms with Gasteiger partial charge in [0.15, 0.2) is 0 Å². The van der Waals surface area contributed by atoms with Gasteiger partial charge in [-0.2, -0.15) is 0 Å². The first-order valence-corrected chi connectivity index (χ1v) is 6.06. The lowest BCUT2D eigenvalue weighted by Gasteiger charge is -2.26. The van der Waals surface area contributed by atoms with Crippen LogP contribution in [0.4, 0.5) is 0 Å². The van der Waals surface area contributed by atoms with Crippen LogP contribution >= 0.6 is 0 Å². The Morgan fingerprint density at radius 1 is 1.33 bits per heavy atom. The normalized spacial score (nSPS) is 17.0. The van der Waals surface area contributed by atoms with Crippen molar-refractivity contribution < 1.29 is 19.5 Å². The number of carbonyl (C=O) groups is 3. The maximum atomic E-state index is 12.0. The first kappa shape index (κ1) is 14.5. The summed E-state index contributed by atoms with van der Waals surface area (Å²) < 4.78 is 0. The minimum absolute atomic E-state index is 0.0379. The molecule has 0 bridgehead atoms. The smallest absolute Gasteiger partial charge is 0.303 e. The van der Waals surface area contributed by atoms with Crippen molar-refractivity contribution in [3.63, 3.8) is 0 Å². The molecule has 1 heterocycles. The second kappa shape index (κ2) is 5.84. The van der Waals surface area contributed by atoms with E-state index in [1.807, 2.05) is 0 Å². The number of amides is 2. The molecule has 18 heavy (non-hydrogen) atoms. The molecule has 1 rings (SSSR count). The van der Waals surface area contributed by atoms with E-state index in [-0.39, 0.29) is 24.7 Å². The summed E-state index contributed by atoms with van der Waals surface area (Å²) in [4.78, 5) is 35.5. The Morgan fingerprint density at radius 3 is 2.61 bits per heavy atom. The molecule has 0 aromatic carbocycles. The van der Waals surface area contributed by atoms with Crippen LogP contribution in [0.1, 0.15) is 33.1 Å². The van der Waals surface area contributed by atoms with E-state index in [0.29, 0.717) is 26.1 Å². The Bertz CT molecular complexity index is 352. The van der Waals surface area contributed by atoms with Gasteiger partial charge in [0.05, 0.1) is 6.42 Å². The zero-order chi connectivity index (χ0) is 13.8. The van der Waals surface area contributed by atoms with Crippen molar-refractivity contribution in [3.8, 4) is 0 Å². The van der Waals surface area contributed by atoms with Crippen LogP contribution in [-0.4, -0.2) is 47.4 Å². The lowest BCUT2D eigenvalue weighted by atomic mass is 9.85. The van der Waals surface area contributed by atoms with Crippen molar-refractivity contribution in [1.29, 1.82) is 0 Å². The maximum Gasteiger partial charge on any atom is 0.303 e. The van der Waals surface area contributed by atoms with Crippen molar-refractivity contribution in [3.05, 3.63) is 0 Å². The Hall–Kier alpha value is -1.59. The topological polar surface area (TPSA) is 86.7 Å². The fraction of sp³-hybridized carbons (Fsp3) is 0.750. The minimum atomic E-state index is -0.902. The fourth-order valence-corrected chi connectivity index (χ4v) is 2.01. The van der Waals surface area contributed by atoms with Gasteiger partial charge in [0.2, 0.25) is 11.8 Å². The molecule has 0 aromatic rings. The molecular weight excluding hydrogens is 236 g/mol. The largest absolute Gasteiger partial charge is 0.481 e. The van der Waals surface area contributed by atoms with E-state index >= 15 is 0 Å². The Kier molecular flexibility index (Phi) is 4.69. The third kappa shape index (κ3) is 4.73. The van der Waals surface area contributed by atoms with E-state index in [4.69, 9.17) is 5.11 Å². The third-order valence-electron chi connectivity index (χ3n) is 2.92. The molecule has 1 fully saturated rings. The van der Waals surface area contributed by atoms with Crippen molar-refractivity contribution in [1.82, 2.24) is 10.2 Å². The maximum absolute atomic E-state index is 12.0. The Balaban J connectivity index is 2.53. The highest BCUT2D eigenvalue weighted by molar-refractivity contribution is 5.81. The molecule has 0 radical (unpaired) electrons. The molecule has 0 unspecified atom stereocenters. The van der Waals surface area contributed by atoms with Crippen molar-refractivity contribution in [2.24, 2.45) is 5.41 Å². The molecule has 0 saturated carbocycles. The minimum Gasteiger partial charge on any atom is -0.481 e. The number of carbonyl (C=O) groups excluding carboxylic acids is 2. The molecule has 0 aliphatic carbocycles. The summed E-state index contributed by atoms with van der Waals surface area (Å²) in [5.74, 6) is -1.03. The van der Waals surface area contributed by atoms with Crippen LogP contribution in [0.5, 0.6) is 0 Å².